The van der Waals surface area contributed by atoms with Crippen LogP contribution in [0.1, 0.15) is 51.9 Å². The topological polar surface area (TPSA) is 43.8 Å². The summed E-state index contributed by atoms with van der Waals surface area (Å²) in [5, 5.41) is 9.67. The lowest BCUT2D eigenvalue weighted by molar-refractivity contribution is -0.155. The first-order valence-electron chi connectivity index (χ1n) is 7.87. The van der Waals surface area contributed by atoms with Gasteiger partial charge in [0.2, 0.25) is 0 Å². The number of likely N-dealkylation sites (tertiary alicyclic amines) is 1. The van der Waals surface area contributed by atoms with E-state index in [0.29, 0.717) is 12.1 Å². The van der Waals surface area contributed by atoms with Gasteiger partial charge >= 0.3 is 5.97 Å². The van der Waals surface area contributed by atoms with E-state index in [9.17, 15) is 9.90 Å². The van der Waals surface area contributed by atoms with Crippen LogP contribution in [-0.2, 0) is 4.79 Å². The van der Waals surface area contributed by atoms with Gasteiger partial charge in [0.25, 0.3) is 0 Å². The third kappa shape index (κ3) is 2.19. The van der Waals surface area contributed by atoms with Crippen molar-refractivity contribution in [3.63, 3.8) is 0 Å². The third-order valence-electron chi connectivity index (χ3n) is 5.63. The van der Waals surface area contributed by atoms with Crippen molar-refractivity contribution in [2.24, 2.45) is 0 Å². The molecule has 3 rings (SSSR count). The van der Waals surface area contributed by atoms with Crippen LogP contribution in [0.2, 0.25) is 0 Å². The monoisotopic (exact) mass is 266 g/mol. The standard InChI is InChI=1S/C15H26N2O2/c1-15(14(18)19)8-3-5-10-17(15)13-7-11-16-9-4-2-6-12(13)16/h12-13H,2-11H2,1H3,(H,18,19). The molecular formula is C15H26N2O2. The average Bonchev–Trinajstić information content (AvgIpc) is 2.83. The van der Waals surface area contributed by atoms with Crippen molar-refractivity contribution >= 4 is 5.97 Å². The molecular weight excluding hydrogens is 240 g/mol. The van der Waals surface area contributed by atoms with Crippen molar-refractivity contribution in [2.45, 2.75) is 69.5 Å². The fourth-order valence-corrected chi connectivity index (χ4v) is 4.49. The van der Waals surface area contributed by atoms with Crippen LogP contribution < -0.4 is 0 Å². The van der Waals surface area contributed by atoms with Crippen LogP contribution in [0, 0.1) is 0 Å². The molecule has 0 spiro atoms. The van der Waals surface area contributed by atoms with Gasteiger partial charge in [0.15, 0.2) is 0 Å². The number of hydrogen-bond acceptors (Lipinski definition) is 3. The summed E-state index contributed by atoms with van der Waals surface area (Å²) in [6.45, 7) is 5.30. The number of fused-ring (bicyclic) bond motifs is 1. The molecule has 0 aromatic heterocycles. The van der Waals surface area contributed by atoms with Crippen LogP contribution in [0.5, 0.6) is 0 Å². The van der Waals surface area contributed by atoms with Crippen LogP contribution in [-0.4, -0.2) is 58.1 Å². The number of rotatable bonds is 2. The van der Waals surface area contributed by atoms with Crippen molar-refractivity contribution in [1.29, 1.82) is 0 Å². The molecule has 3 saturated heterocycles. The van der Waals surface area contributed by atoms with E-state index in [1.54, 1.807) is 0 Å². The Morgan fingerprint density at radius 2 is 1.84 bits per heavy atom. The molecule has 0 aromatic rings. The smallest absolute Gasteiger partial charge is 0.323 e. The Morgan fingerprint density at radius 3 is 2.63 bits per heavy atom. The Labute approximate surface area is 115 Å². The van der Waals surface area contributed by atoms with Crippen molar-refractivity contribution in [2.75, 3.05) is 19.6 Å². The number of nitrogens with zero attached hydrogens (tertiary/aromatic N) is 2. The summed E-state index contributed by atoms with van der Waals surface area (Å²) in [5.74, 6) is -0.624. The highest BCUT2D eigenvalue weighted by atomic mass is 16.4. The second-order valence-electron chi connectivity index (χ2n) is 6.68. The molecule has 3 heterocycles. The van der Waals surface area contributed by atoms with E-state index >= 15 is 0 Å². The maximum Gasteiger partial charge on any atom is 0.323 e. The van der Waals surface area contributed by atoms with Gasteiger partial charge in [0, 0.05) is 18.6 Å². The Balaban J connectivity index is 1.81. The van der Waals surface area contributed by atoms with Gasteiger partial charge in [0.05, 0.1) is 0 Å². The summed E-state index contributed by atoms with van der Waals surface area (Å²) in [6.07, 6.45) is 8.08. The first-order chi connectivity index (χ1) is 9.13. The zero-order valence-electron chi connectivity index (χ0n) is 12.0. The van der Waals surface area contributed by atoms with E-state index in [-0.39, 0.29) is 0 Å². The van der Waals surface area contributed by atoms with Gasteiger partial charge in [0.1, 0.15) is 5.54 Å². The van der Waals surface area contributed by atoms with Gasteiger partial charge in [-0.3, -0.25) is 14.6 Å². The lowest BCUT2D eigenvalue weighted by Gasteiger charge is -2.48. The molecule has 1 N–H and O–H groups in total. The second-order valence-corrected chi connectivity index (χ2v) is 6.68. The molecule has 0 radical (unpaired) electrons. The molecule has 4 heteroatoms. The van der Waals surface area contributed by atoms with Crippen molar-refractivity contribution in [1.82, 2.24) is 9.80 Å². The Kier molecular flexibility index (Phi) is 3.56. The molecule has 3 atom stereocenters. The zero-order chi connectivity index (χ0) is 13.5. The highest BCUT2D eigenvalue weighted by Crippen LogP contribution is 2.38. The summed E-state index contributed by atoms with van der Waals surface area (Å²) >= 11 is 0. The molecule has 4 nitrogen and oxygen atoms in total. The summed E-state index contributed by atoms with van der Waals surface area (Å²) in [6, 6.07) is 1.09. The molecule has 0 aromatic carbocycles. The van der Waals surface area contributed by atoms with E-state index in [0.717, 1.165) is 32.2 Å². The summed E-state index contributed by atoms with van der Waals surface area (Å²) in [4.78, 5) is 16.7. The predicted molar refractivity (Wildman–Crippen MR) is 74.2 cm³/mol. The summed E-state index contributed by atoms with van der Waals surface area (Å²) in [5.41, 5.74) is -0.629. The lowest BCUT2D eigenvalue weighted by Crippen LogP contribution is -2.61. The minimum Gasteiger partial charge on any atom is -0.480 e. The Morgan fingerprint density at radius 1 is 1.05 bits per heavy atom. The highest BCUT2D eigenvalue weighted by molar-refractivity contribution is 5.78. The molecule has 0 aliphatic carbocycles. The number of carboxylic acid groups (broad SMARTS) is 1. The molecule has 0 bridgehead atoms. The highest BCUT2D eigenvalue weighted by Gasteiger charge is 2.49. The molecule has 108 valence electrons. The number of hydrogen-bond donors (Lipinski definition) is 1. The van der Waals surface area contributed by atoms with Crippen LogP contribution in [0.15, 0.2) is 0 Å². The Bertz CT molecular complexity index is 360. The minimum atomic E-state index is -0.629. The van der Waals surface area contributed by atoms with Crippen molar-refractivity contribution in [3.05, 3.63) is 0 Å². The minimum absolute atomic E-state index is 0.474. The van der Waals surface area contributed by atoms with Crippen LogP contribution in [0.25, 0.3) is 0 Å². The predicted octanol–water partition coefficient (Wildman–Crippen LogP) is 1.94. The number of carbonyl (C=O) groups is 1. The maximum absolute atomic E-state index is 11.7. The number of carboxylic acids is 1. The van der Waals surface area contributed by atoms with Gasteiger partial charge in [-0.1, -0.05) is 6.42 Å². The van der Waals surface area contributed by atoms with Crippen molar-refractivity contribution in [3.8, 4) is 0 Å². The summed E-state index contributed by atoms with van der Waals surface area (Å²) < 4.78 is 0. The van der Waals surface area contributed by atoms with Crippen LogP contribution in [0.4, 0.5) is 0 Å². The van der Waals surface area contributed by atoms with Gasteiger partial charge in [-0.2, -0.15) is 0 Å². The lowest BCUT2D eigenvalue weighted by atomic mass is 9.84. The van der Waals surface area contributed by atoms with Gasteiger partial charge in [-0.05, 0) is 58.5 Å². The number of aliphatic carboxylic acids is 1. The van der Waals surface area contributed by atoms with Gasteiger partial charge in [-0.25, -0.2) is 0 Å². The van der Waals surface area contributed by atoms with E-state index in [1.165, 1.54) is 32.4 Å². The van der Waals surface area contributed by atoms with E-state index < -0.39 is 11.5 Å². The van der Waals surface area contributed by atoms with Gasteiger partial charge in [-0.15, -0.1) is 0 Å². The van der Waals surface area contributed by atoms with Crippen LogP contribution >= 0.6 is 0 Å². The second kappa shape index (κ2) is 5.06. The molecule has 3 aliphatic rings. The first kappa shape index (κ1) is 13.4. The third-order valence-corrected chi connectivity index (χ3v) is 5.63. The quantitative estimate of drug-likeness (QED) is 0.829. The molecule has 3 aliphatic heterocycles. The van der Waals surface area contributed by atoms with Crippen molar-refractivity contribution < 1.29 is 9.90 Å². The fourth-order valence-electron chi connectivity index (χ4n) is 4.49. The SMILES string of the molecule is CC1(C(=O)O)CCCCN1C1CCN2CCCCC12. The normalized spacial score (nSPS) is 41.1. The fraction of sp³-hybridized carbons (Fsp3) is 0.933. The Hall–Kier alpha value is -0.610. The number of piperidine rings is 2. The molecule has 3 fully saturated rings. The van der Waals surface area contributed by atoms with Crippen LogP contribution in [0.3, 0.4) is 0 Å². The van der Waals surface area contributed by atoms with E-state index in [2.05, 4.69) is 9.80 Å². The first-order valence-corrected chi connectivity index (χ1v) is 7.87. The average molecular weight is 266 g/mol. The largest absolute Gasteiger partial charge is 0.480 e. The van der Waals surface area contributed by atoms with E-state index in [4.69, 9.17) is 0 Å². The summed E-state index contributed by atoms with van der Waals surface area (Å²) in [7, 11) is 0. The maximum atomic E-state index is 11.7. The zero-order valence-corrected chi connectivity index (χ0v) is 12.0. The molecule has 0 amide bonds. The molecule has 0 saturated carbocycles. The van der Waals surface area contributed by atoms with Gasteiger partial charge < -0.3 is 5.11 Å². The molecule has 3 unspecified atom stereocenters. The molecule has 19 heavy (non-hydrogen) atoms. The van der Waals surface area contributed by atoms with E-state index in [1.807, 2.05) is 6.92 Å².